The largest absolute Gasteiger partial charge is 0.399 e. The molecule has 0 aliphatic rings. The van der Waals surface area contributed by atoms with Crippen LogP contribution in [0.15, 0.2) is 18.2 Å². The minimum atomic E-state index is -0.485. The number of amides is 1. The first-order valence-electron chi connectivity index (χ1n) is 6.27. The standard InChI is InChI=1S/C14H20N4O/c1-10(2)9-18(7-3-6-15)13-8-11(16)4-5-12(13)14(17)19/h4-5,8,10H,3,7,9,16H2,1-2H3,(H2,17,19). The van der Waals surface area contributed by atoms with Gasteiger partial charge in [-0.2, -0.15) is 5.26 Å². The quantitative estimate of drug-likeness (QED) is 0.761. The van der Waals surface area contributed by atoms with Crippen molar-refractivity contribution in [1.82, 2.24) is 0 Å². The van der Waals surface area contributed by atoms with E-state index in [0.717, 1.165) is 6.54 Å². The van der Waals surface area contributed by atoms with Gasteiger partial charge in [-0.15, -0.1) is 0 Å². The summed E-state index contributed by atoms with van der Waals surface area (Å²) in [6.45, 7) is 5.45. The summed E-state index contributed by atoms with van der Waals surface area (Å²) in [7, 11) is 0. The number of rotatable bonds is 6. The van der Waals surface area contributed by atoms with E-state index in [1.807, 2.05) is 4.90 Å². The minimum Gasteiger partial charge on any atom is -0.399 e. The van der Waals surface area contributed by atoms with Crippen molar-refractivity contribution in [2.75, 3.05) is 23.7 Å². The van der Waals surface area contributed by atoms with Gasteiger partial charge in [0.15, 0.2) is 0 Å². The summed E-state index contributed by atoms with van der Waals surface area (Å²) in [5, 5.41) is 8.74. The summed E-state index contributed by atoms with van der Waals surface area (Å²) < 4.78 is 0. The summed E-state index contributed by atoms with van der Waals surface area (Å²) >= 11 is 0. The Balaban J connectivity index is 3.15. The van der Waals surface area contributed by atoms with Gasteiger partial charge in [-0.1, -0.05) is 13.8 Å². The normalized spacial score (nSPS) is 10.2. The van der Waals surface area contributed by atoms with Crippen LogP contribution < -0.4 is 16.4 Å². The molecule has 102 valence electrons. The maximum atomic E-state index is 11.5. The molecule has 0 saturated heterocycles. The molecule has 19 heavy (non-hydrogen) atoms. The van der Waals surface area contributed by atoms with Gasteiger partial charge in [0.2, 0.25) is 0 Å². The first-order valence-corrected chi connectivity index (χ1v) is 6.27. The molecule has 0 heterocycles. The maximum Gasteiger partial charge on any atom is 0.250 e. The van der Waals surface area contributed by atoms with Crippen molar-refractivity contribution in [1.29, 1.82) is 5.26 Å². The molecule has 0 spiro atoms. The SMILES string of the molecule is CC(C)CN(CCC#N)c1cc(N)ccc1C(N)=O. The van der Waals surface area contributed by atoms with Crippen LogP contribution in [0.5, 0.6) is 0 Å². The van der Waals surface area contributed by atoms with Crippen LogP contribution in [0.2, 0.25) is 0 Å². The van der Waals surface area contributed by atoms with E-state index in [1.54, 1.807) is 18.2 Å². The number of nitrogens with zero attached hydrogens (tertiary/aromatic N) is 2. The van der Waals surface area contributed by atoms with Crippen LogP contribution in [0.1, 0.15) is 30.6 Å². The average molecular weight is 260 g/mol. The van der Waals surface area contributed by atoms with Gasteiger partial charge in [0.05, 0.1) is 23.7 Å². The lowest BCUT2D eigenvalue weighted by Crippen LogP contribution is -2.31. The van der Waals surface area contributed by atoms with Gasteiger partial charge >= 0.3 is 0 Å². The summed E-state index contributed by atoms with van der Waals surface area (Å²) in [6.07, 6.45) is 0.389. The van der Waals surface area contributed by atoms with E-state index in [-0.39, 0.29) is 0 Å². The van der Waals surface area contributed by atoms with E-state index < -0.39 is 5.91 Å². The third-order valence-corrected chi connectivity index (χ3v) is 2.71. The molecule has 0 aliphatic heterocycles. The van der Waals surface area contributed by atoms with Crippen LogP contribution in [0, 0.1) is 17.2 Å². The lowest BCUT2D eigenvalue weighted by Gasteiger charge is -2.27. The van der Waals surface area contributed by atoms with Gasteiger partial charge in [0, 0.05) is 18.8 Å². The third-order valence-electron chi connectivity index (χ3n) is 2.71. The second kappa shape index (κ2) is 6.64. The highest BCUT2D eigenvalue weighted by atomic mass is 16.1. The molecule has 5 heteroatoms. The molecule has 0 unspecified atom stereocenters. The van der Waals surface area contributed by atoms with Crippen molar-refractivity contribution < 1.29 is 4.79 Å². The number of carbonyl (C=O) groups excluding carboxylic acids is 1. The summed E-state index contributed by atoms with van der Waals surface area (Å²) in [5.74, 6) is -0.0819. The van der Waals surface area contributed by atoms with E-state index >= 15 is 0 Å². The molecular weight excluding hydrogens is 240 g/mol. The molecular formula is C14H20N4O. The Morgan fingerprint density at radius 2 is 2.16 bits per heavy atom. The first kappa shape index (κ1) is 14.8. The second-order valence-corrected chi connectivity index (χ2v) is 4.89. The molecule has 1 aromatic carbocycles. The molecule has 1 rings (SSSR count). The van der Waals surface area contributed by atoms with E-state index in [9.17, 15) is 4.79 Å². The highest BCUT2D eigenvalue weighted by Crippen LogP contribution is 2.24. The highest BCUT2D eigenvalue weighted by molar-refractivity contribution is 5.99. The number of carbonyl (C=O) groups is 1. The molecule has 0 atom stereocenters. The van der Waals surface area contributed by atoms with Crippen LogP contribution in [0.25, 0.3) is 0 Å². The van der Waals surface area contributed by atoms with E-state index in [1.165, 1.54) is 0 Å². The molecule has 0 aromatic heterocycles. The Hall–Kier alpha value is -2.22. The Bertz CT molecular complexity index is 491. The molecule has 1 aromatic rings. The van der Waals surface area contributed by atoms with Crippen LogP contribution >= 0.6 is 0 Å². The predicted octanol–water partition coefficient (Wildman–Crippen LogP) is 1.74. The number of hydrogen-bond donors (Lipinski definition) is 2. The van der Waals surface area contributed by atoms with Crippen molar-refractivity contribution in [2.45, 2.75) is 20.3 Å². The fourth-order valence-corrected chi connectivity index (χ4v) is 1.95. The van der Waals surface area contributed by atoms with Gasteiger partial charge in [-0.25, -0.2) is 0 Å². The fraction of sp³-hybridized carbons (Fsp3) is 0.429. The number of nitrogen functional groups attached to an aromatic ring is 1. The van der Waals surface area contributed by atoms with Gasteiger partial charge in [-0.3, -0.25) is 4.79 Å². The van der Waals surface area contributed by atoms with Gasteiger partial charge < -0.3 is 16.4 Å². The first-order chi connectivity index (χ1) is 8.95. The monoisotopic (exact) mass is 260 g/mol. The number of nitrogens with two attached hydrogens (primary N) is 2. The average Bonchev–Trinajstić information content (AvgIpc) is 2.33. The fourth-order valence-electron chi connectivity index (χ4n) is 1.95. The topological polar surface area (TPSA) is 96.1 Å². The van der Waals surface area contributed by atoms with Crippen molar-refractivity contribution in [2.24, 2.45) is 11.7 Å². The molecule has 0 radical (unpaired) electrons. The molecule has 1 amide bonds. The molecule has 0 saturated carbocycles. The summed E-state index contributed by atoms with van der Waals surface area (Å²) in [4.78, 5) is 13.5. The summed E-state index contributed by atoms with van der Waals surface area (Å²) in [5.41, 5.74) is 12.9. The number of hydrogen-bond acceptors (Lipinski definition) is 4. The number of anilines is 2. The Morgan fingerprint density at radius 1 is 1.47 bits per heavy atom. The lowest BCUT2D eigenvalue weighted by atomic mass is 10.1. The second-order valence-electron chi connectivity index (χ2n) is 4.89. The van der Waals surface area contributed by atoms with Crippen molar-refractivity contribution in [3.8, 4) is 6.07 Å². The van der Waals surface area contributed by atoms with Crippen molar-refractivity contribution >= 4 is 17.3 Å². The number of nitriles is 1. The van der Waals surface area contributed by atoms with Crippen LogP contribution in [0.4, 0.5) is 11.4 Å². The Kier molecular flexibility index (Phi) is 5.19. The smallest absolute Gasteiger partial charge is 0.250 e. The van der Waals surface area contributed by atoms with Gasteiger partial charge in [-0.05, 0) is 24.1 Å². The van der Waals surface area contributed by atoms with Crippen molar-refractivity contribution in [3.63, 3.8) is 0 Å². The molecule has 0 aliphatic carbocycles. The maximum absolute atomic E-state index is 11.5. The van der Waals surface area contributed by atoms with Gasteiger partial charge in [0.1, 0.15) is 0 Å². The molecule has 0 bridgehead atoms. The van der Waals surface area contributed by atoms with E-state index in [4.69, 9.17) is 16.7 Å². The summed E-state index contributed by atoms with van der Waals surface area (Å²) in [6, 6.07) is 7.14. The van der Waals surface area contributed by atoms with Gasteiger partial charge in [0.25, 0.3) is 5.91 Å². The van der Waals surface area contributed by atoms with Crippen LogP contribution in [0.3, 0.4) is 0 Å². The Labute approximate surface area is 113 Å². The van der Waals surface area contributed by atoms with Crippen molar-refractivity contribution in [3.05, 3.63) is 23.8 Å². The zero-order valence-corrected chi connectivity index (χ0v) is 11.4. The molecule has 0 fully saturated rings. The molecule has 5 nitrogen and oxygen atoms in total. The van der Waals surface area contributed by atoms with Crippen LogP contribution in [-0.2, 0) is 0 Å². The Morgan fingerprint density at radius 3 is 2.68 bits per heavy atom. The zero-order chi connectivity index (χ0) is 14.4. The number of primary amides is 1. The van der Waals surface area contributed by atoms with E-state index in [0.29, 0.717) is 35.8 Å². The third kappa shape index (κ3) is 4.18. The zero-order valence-electron chi connectivity index (χ0n) is 11.4. The number of benzene rings is 1. The minimum absolute atomic E-state index is 0.389. The van der Waals surface area contributed by atoms with Crippen LogP contribution in [-0.4, -0.2) is 19.0 Å². The van der Waals surface area contributed by atoms with E-state index in [2.05, 4.69) is 19.9 Å². The molecule has 4 N–H and O–H groups in total. The lowest BCUT2D eigenvalue weighted by molar-refractivity contribution is 0.100. The predicted molar refractivity (Wildman–Crippen MR) is 76.7 cm³/mol. The highest BCUT2D eigenvalue weighted by Gasteiger charge is 2.16.